The maximum absolute atomic E-state index is 3.59. The maximum atomic E-state index is 3.59. The Morgan fingerprint density at radius 1 is 0.600 bits per heavy atom. The summed E-state index contributed by atoms with van der Waals surface area (Å²) < 4.78 is 0. The average molecular weight is 388 g/mol. The highest BCUT2D eigenvalue weighted by molar-refractivity contribution is 5.99. The summed E-state index contributed by atoms with van der Waals surface area (Å²) in [6, 6.07) is 37.0. The molecule has 146 valence electrons. The van der Waals surface area contributed by atoms with Gasteiger partial charge < -0.3 is 5.32 Å². The van der Waals surface area contributed by atoms with Crippen LogP contribution in [0.4, 0.5) is 11.4 Å². The van der Waals surface area contributed by atoms with Gasteiger partial charge in [-0.25, -0.2) is 0 Å². The average Bonchev–Trinajstić information content (AvgIpc) is 2.80. The van der Waals surface area contributed by atoms with Crippen molar-refractivity contribution < 1.29 is 0 Å². The van der Waals surface area contributed by atoms with Crippen LogP contribution in [0.15, 0.2) is 103 Å². The van der Waals surface area contributed by atoms with E-state index in [2.05, 4.69) is 115 Å². The second kappa shape index (κ2) is 8.04. The first-order valence-electron chi connectivity index (χ1n) is 10.7. The van der Waals surface area contributed by atoms with Gasteiger partial charge in [-0.2, -0.15) is 0 Å². The smallest absolute Gasteiger partial charge is 0.0463 e. The predicted molar refractivity (Wildman–Crippen MR) is 131 cm³/mol. The Balaban J connectivity index is 1.49. The third-order valence-corrected chi connectivity index (χ3v) is 5.80. The van der Waals surface area contributed by atoms with E-state index in [0.29, 0.717) is 0 Å². The summed E-state index contributed by atoms with van der Waals surface area (Å²) in [5.74, 6) is 0. The largest absolute Gasteiger partial charge is 0.355 e. The first-order chi connectivity index (χ1) is 14.8. The number of aryl methyl sites for hydroxylation is 1. The zero-order chi connectivity index (χ0) is 20.3. The molecule has 0 bridgehead atoms. The third-order valence-electron chi connectivity index (χ3n) is 5.80. The minimum absolute atomic E-state index is 1.10. The van der Waals surface area contributed by atoms with Crippen LogP contribution in [-0.2, 0) is 6.42 Å². The van der Waals surface area contributed by atoms with E-state index in [1.807, 2.05) is 0 Å². The van der Waals surface area contributed by atoms with Crippen molar-refractivity contribution in [2.45, 2.75) is 19.8 Å². The molecule has 0 aliphatic heterocycles. The number of anilines is 2. The molecule has 0 unspecified atom stereocenters. The van der Waals surface area contributed by atoms with Crippen LogP contribution in [0.3, 0.4) is 0 Å². The molecule has 0 spiro atoms. The zero-order valence-electron chi connectivity index (χ0n) is 17.2. The van der Waals surface area contributed by atoms with Gasteiger partial charge in [0.15, 0.2) is 0 Å². The van der Waals surface area contributed by atoms with Crippen molar-refractivity contribution in [1.29, 1.82) is 0 Å². The normalized spacial score (nSPS) is 11.1. The lowest BCUT2D eigenvalue weighted by Crippen LogP contribution is -1.92. The molecular formula is C29H25N. The minimum atomic E-state index is 1.10. The zero-order valence-corrected chi connectivity index (χ0v) is 17.2. The fourth-order valence-electron chi connectivity index (χ4n) is 4.34. The van der Waals surface area contributed by atoms with Crippen LogP contribution in [0, 0.1) is 0 Å². The fourth-order valence-corrected chi connectivity index (χ4v) is 4.34. The van der Waals surface area contributed by atoms with Crippen molar-refractivity contribution in [2.24, 2.45) is 0 Å². The third kappa shape index (κ3) is 3.44. The van der Waals surface area contributed by atoms with Crippen molar-refractivity contribution in [2.75, 3.05) is 5.32 Å². The number of hydrogen-bond donors (Lipinski definition) is 1. The molecule has 5 aromatic carbocycles. The van der Waals surface area contributed by atoms with Crippen LogP contribution in [-0.4, -0.2) is 0 Å². The molecule has 0 atom stereocenters. The summed E-state index contributed by atoms with van der Waals surface area (Å²) in [5.41, 5.74) is 6.21. The van der Waals surface area contributed by atoms with Crippen molar-refractivity contribution in [3.05, 3.63) is 109 Å². The lowest BCUT2D eigenvalue weighted by Gasteiger charge is -2.13. The highest BCUT2D eigenvalue weighted by Crippen LogP contribution is 2.32. The van der Waals surface area contributed by atoms with E-state index in [4.69, 9.17) is 0 Å². The van der Waals surface area contributed by atoms with E-state index in [-0.39, 0.29) is 0 Å². The summed E-state index contributed by atoms with van der Waals surface area (Å²) in [4.78, 5) is 0. The second-order valence-electron chi connectivity index (χ2n) is 7.80. The molecule has 0 saturated carbocycles. The number of nitrogens with one attached hydrogen (secondary N) is 1. The van der Waals surface area contributed by atoms with Gasteiger partial charge in [-0.15, -0.1) is 0 Å². The first-order valence-corrected chi connectivity index (χ1v) is 10.7. The van der Waals surface area contributed by atoms with Gasteiger partial charge >= 0.3 is 0 Å². The number of benzene rings is 5. The Morgan fingerprint density at radius 3 is 2.17 bits per heavy atom. The summed E-state index contributed by atoms with van der Waals surface area (Å²) in [6.07, 6.45) is 2.28. The van der Waals surface area contributed by atoms with Gasteiger partial charge in [-0.05, 0) is 57.5 Å². The SMILES string of the molecule is CCCc1cccc2c(-c3ccc(Nc4cccc5ccccc45)cc3)cccc12. The highest BCUT2D eigenvalue weighted by atomic mass is 14.9. The van der Waals surface area contributed by atoms with Crippen molar-refractivity contribution in [3.8, 4) is 11.1 Å². The van der Waals surface area contributed by atoms with E-state index in [9.17, 15) is 0 Å². The van der Waals surface area contributed by atoms with Crippen molar-refractivity contribution >= 4 is 32.9 Å². The number of fused-ring (bicyclic) bond motifs is 2. The summed E-state index contributed by atoms with van der Waals surface area (Å²) in [6.45, 7) is 2.24. The van der Waals surface area contributed by atoms with E-state index in [0.717, 1.165) is 24.2 Å². The topological polar surface area (TPSA) is 12.0 Å². The number of hydrogen-bond acceptors (Lipinski definition) is 1. The van der Waals surface area contributed by atoms with E-state index in [1.165, 1.54) is 38.2 Å². The Hall–Kier alpha value is -3.58. The molecule has 0 aliphatic carbocycles. The lowest BCUT2D eigenvalue weighted by molar-refractivity contribution is 0.930. The van der Waals surface area contributed by atoms with Crippen LogP contribution >= 0.6 is 0 Å². The minimum Gasteiger partial charge on any atom is -0.355 e. The van der Waals surface area contributed by atoms with Gasteiger partial charge in [0, 0.05) is 16.8 Å². The summed E-state index contributed by atoms with van der Waals surface area (Å²) in [7, 11) is 0. The number of rotatable bonds is 5. The maximum Gasteiger partial charge on any atom is 0.0463 e. The molecule has 0 heterocycles. The summed E-state index contributed by atoms with van der Waals surface area (Å²) >= 11 is 0. The lowest BCUT2D eigenvalue weighted by atomic mass is 9.94. The van der Waals surface area contributed by atoms with Gasteiger partial charge in [0.05, 0.1) is 0 Å². The van der Waals surface area contributed by atoms with Gasteiger partial charge in [0.1, 0.15) is 0 Å². The van der Waals surface area contributed by atoms with Crippen molar-refractivity contribution in [3.63, 3.8) is 0 Å². The van der Waals surface area contributed by atoms with Crippen LogP contribution in [0.2, 0.25) is 0 Å². The Kier molecular flexibility index (Phi) is 4.94. The first kappa shape index (κ1) is 18.4. The van der Waals surface area contributed by atoms with Gasteiger partial charge in [-0.3, -0.25) is 0 Å². The molecule has 0 saturated heterocycles. The van der Waals surface area contributed by atoms with Gasteiger partial charge in [-0.1, -0.05) is 98.3 Å². The van der Waals surface area contributed by atoms with Crippen LogP contribution in [0.1, 0.15) is 18.9 Å². The van der Waals surface area contributed by atoms with E-state index < -0.39 is 0 Å². The molecule has 30 heavy (non-hydrogen) atoms. The Bertz CT molecular complexity index is 1310. The molecule has 0 radical (unpaired) electrons. The molecule has 0 fully saturated rings. The molecule has 5 rings (SSSR count). The fraction of sp³-hybridized carbons (Fsp3) is 0.103. The van der Waals surface area contributed by atoms with Gasteiger partial charge in [0.2, 0.25) is 0 Å². The Labute approximate surface area is 178 Å². The van der Waals surface area contributed by atoms with Crippen molar-refractivity contribution in [1.82, 2.24) is 0 Å². The van der Waals surface area contributed by atoms with Crippen LogP contribution in [0.5, 0.6) is 0 Å². The van der Waals surface area contributed by atoms with E-state index in [1.54, 1.807) is 0 Å². The van der Waals surface area contributed by atoms with Gasteiger partial charge in [0.25, 0.3) is 0 Å². The standard InChI is InChI=1S/C29H25N/c1-2-8-21-10-5-15-28-25(21)13-7-14-26(28)23-17-19-24(20-18-23)30-29-16-6-11-22-9-3-4-12-27(22)29/h3-7,9-20,30H,2,8H2,1H3. The molecule has 0 aromatic heterocycles. The molecular weight excluding hydrogens is 362 g/mol. The van der Waals surface area contributed by atoms with Crippen LogP contribution in [0.25, 0.3) is 32.7 Å². The Morgan fingerprint density at radius 2 is 1.30 bits per heavy atom. The predicted octanol–water partition coefficient (Wildman–Crippen LogP) is 8.36. The molecule has 0 amide bonds. The molecule has 1 nitrogen and oxygen atoms in total. The highest BCUT2D eigenvalue weighted by Gasteiger charge is 2.07. The quantitative estimate of drug-likeness (QED) is 0.319. The summed E-state index contributed by atoms with van der Waals surface area (Å²) in [5, 5.41) is 8.78. The van der Waals surface area contributed by atoms with E-state index >= 15 is 0 Å². The van der Waals surface area contributed by atoms with Crippen LogP contribution < -0.4 is 5.32 Å². The molecule has 5 aromatic rings. The second-order valence-corrected chi connectivity index (χ2v) is 7.80. The monoisotopic (exact) mass is 387 g/mol. The molecule has 1 heteroatoms. The molecule has 0 aliphatic rings. The molecule has 1 N–H and O–H groups in total.